The maximum atomic E-state index is 10.2. The molecule has 0 bridgehead atoms. The molecular formula is C16H20O2. The second-order valence-electron chi connectivity index (χ2n) is 3.60. The Labute approximate surface area is 109 Å². The standard InChI is InChI=1S/C16H20O2/c1-2-3-4-5-6-7-8-9-10-11-12-13-14-15-16(17)18/h2-5,8-11H,12-15H2,1H3,(H,17,18)/b3-2-,5-4+,9-8+,11-10+. The van der Waals surface area contributed by atoms with Gasteiger partial charge < -0.3 is 5.11 Å². The van der Waals surface area contributed by atoms with Gasteiger partial charge in [-0.3, -0.25) is 4.79 Å². The van der Waals surface area contributed by atoms with Gasteiger partial charge in [-0.1, -0.05) is 48.3 Å². The molecule has 18 heavy (non-hydrogen) atoms. The van der Waals surface area contributed by atoms with Crippen LogP contribution in [0.5, 0.6) is 0 Å². The minimum absolute atomic E-state index is 0.258. The van der Waals surface area contributed by atoms with E-state index in [1.54, 1.807) is 12.2 Å². The zero-order valence-corrected chi connectivity index (χ0v) is 10.8. The van der Waals surface area contributed by atoms with E-state index in [4.69, 9.17) is 5.11 Å². The van der Waals surface area contributed by atoms with Crippen LogP contribution in [-0.2, 0) is 4.79 Å². The molecule has 0 saturated carbocycles. The molecule has 0 rings (SSSR count). The van der Waals surface area contributed by atoms with Crippen molar-refractivity contribution >= 4 is 5.97 Å². The highest BCUT2D eigenvalue weighted by Gasteiger charge is 1.93. The average Bonchev–Trinajstić information content (AvgIpc) is 2.34. The van der Waals surface area contributed by atoms with E-state index in [0.29, 0.717) is 0 Å². The molecule has 0 fully saturated rings. The van der Waals surface area contributed by atoms with Crippen molar-refractivity contribution in [2.24, 2.45) is 0 Å². The number of aliphatic carboxylic acids is 1. The van der Waals surface area contributed by atoms with E-state index < -0.39 is 5.97 Å². The summed E-state index contributed by atoms with van der Waals surface area (Å²) in [4.78, 5) is 10.2. The van der Waals surface area contributed by atoms with Crippen LogP contribution >= 0.6 is 0 Å². The largest absolute Gasteiger partial charge is 0.481 e. The van der Waals surface area contributed by atoms with E-state index in [1.165, 1.54) is 0 Å². The quantitative estimate of drug-likeness (QED) is 0.419. The highest BCUT2D eigenvalue weighted by Crippen LogP contribution is 2.00. The molecule has 0 amide bonds. The van der Waals surface area contributed by atoms with Crippen LogP contribution in [0.2, 0.25) is 0 Å². The summed E-state index contributed by atoms with van der Waals surface area (Å²) in [6, 6.07) is 0. The Bertz CT molecular complexity index is 387. The van der Waals surface area contributed by atoms with Crippen molar-refractivity contribution in [3.63, 3.8) is 0 Å². The Morgan fingerprint density at radius 3 is 2.33 bits per heavy atom. The van der Waals surface area contributed by atoms with E-state index in [-0.39, 0.29) is 6.42 Å². The Kier molecular flexibility index (Phi) is 11.6. The van der Waals surface area contributed by atoms with Gasteiger partial charge in [-0.2, -0.15) is 0 Å². The first kappa shape index (κ1) is 16.0. The van der Waals surface area contributed by atoms with E-state index >= 15 is 0 Å². The van der Waals surface area contributed by atoms with Gasteiger partial charge in [0, 0.05) is 6.42 Å². The minimum Gasteiger partial charge on any atom is -0.481 e. The fourth-order valence-electron chi connectivity index (χ4n) is 1.13. The van der Waals surface area contributed by atoms with Crippen LogP contribution in [0.3, 0.4) is 0 Å². The zero-order valence-electron chi connectivity index (χ0n) is 10.8. The smallest absolute Gasteiger partial charge is 0.303 e. The second-order valence-corrected chi connectivity index (χ2v) is 3.60. The molecule has 2 heteroatoms. The molecule has 0 aliphatic carbocycles. The van der Waals surface area contributed by atoms with Crippen LogP contribution in [0.15, 0.2) is 48.6 Å². The molecule has 0 aliphatic heterocycles. The number of unbranched alkanes of at least 4 members (excludes halogenated alkanes) is 2. The number of hydrogen-bond donors (Lipinski definition) is 1. The first-order valence-electron chi connectivity index (χ1n) is 6.09. The van der Waals surface area contributed by atoms with Crippen LogP contribution in [0, 0.1) is 11.8 Å². The third-order valence-electron chi connectivity index (χ3n) is 2.00. The Morgan fingerprint density at radius 2 is 1.72 bits per heavy atom. The van der Waals surface area contributed by atoms with Gasteiger partial charge in [-0.15, -0.1) is 0 Å². The van der Waals surface area contributed by atoms with Crippen molar-refractivity contribution in [2.75, 3.05) is 0 Å². The molecule has 0 aromatic rings. The highest BCUT2D eigenvalue weighted by molar-refractivity contribution is 5.66. The van der Waals surface area contributed by atoms with E-state index in [9.17, 15) is 4.79 Å². The highest BCUT2D eigenvalue weighted by atomic mass is 16.4. The SMILES string of the molecule is C/C=C\C=C\C#C/C=C/C=C/CCCCC(=O)O. The minimum atomic E-state index is -0.722. The third-order valence-corrected chi connectivity index (χ3v) is 2.00. The molecule has 0 spiro atoms. The fraction of sp³-hybridized carbons (Fsp3) is 0.312. The second kappa shape index (κ2) is 13.1. The summed E-state index contributed by atoms with van der Waals surface area (Å²) in [6.07, 6.45) is 18.0. The first-order valence-corrected chi connectivity index (χ1v) is 6.09. The van der Waals surface area contributed by atoms with Crippen molar-refractivity contribution in [1.29, 1.82) is 0 Å². The lowest BCUT2D eigenvalue weighted by atomic mass is 10.2. The number of allylic oxidation sites excluding steroid dienone is 8. The van der Waals surface area contributed by atoms with Gasteiger partial charge in [0.1, 0.15) is 0 Å². The number of carboxylic acids is 1. The molecule has 0 unspecified atom stereocenters. The summed E-state index contributed by atoms with van der Waals surface area (Å²) >= 11 is 0. The number of hydrogen-bond acceptors (Lipinski definition) is 1. The van der Waals surface area contributed by atoms with Gasteiger partial charge in [0.15, 0.2) is 0 Å². The molecule has 96 valence electrons. The molecule has 0 saturated heterocycles. The molecule has 0 atom stereocenters. The summed E-state index contributed by atoms with van der Waals surface area (Å²) in [5.74, 6) is 5.04. The summed E-state index contributed by atoms with van der Waals surface area (Å²) in [7, 11) is 0. The molecule has 2 nitrogen and oxygen atoms in total. The zero-order chi connectivity index (χ0) is 13.5. The lowest BCUT2D eigenvalue weighted by Gasteiger charge is -1.91. The molecular weight excluding hydrogens is 224 g/mol. The normalized spacial score (nSPS) is 11.6. The van der Waals surface area contributed by atoms with Crippen LogP contribution in [0.25, 0.3) is 0 Å². The maximum absolute atomic E-state index is 10.2. The van der Waals surface area contributed by atoms with Crippen molar-refractivity contribution in [1.82, 2.24) is 0 Å². The Morgan fingerprint density at radius 1 is 1.06 bits per heavy atom. The van der Waals surface area contributed by atoms with Crippen LogP contribution in [0.1, 0.15) is 32.6 Å². The summed E-state index contributed by atoms with van der Waals surface area (Å²) < 4.78 is 0. The monoisotopic (exact) mass is 244 g/mol. The van der Waals surface area contributed by atoms with Gasteiger partial charge in [0.2, 0.25) is 0 Å². The number of carboxylic acid groups (broad SMARTS) is 1. The third kappa shape index (κ3) is 14.0. The van der Waals surface area contributed by atoms with Gasteiger partial charge in [-0.05, 0) is 38.3 Å². The summed E-state index contributed by atoms with van der Waals surface area (Å²) in [5, 5.41) is 8.44. The molecule has 0 aromatic heterocycles. The molecule has 0 aromatic carbocycles. The topological polar surface area (TPSA) is 37.3 Å². The average molecular weight is 244 g/mol. The van der Waals surface area contributed by atoms with Crippen LogP contribution in [-0.4, -0.2) is 11.1 Å². The summed E-state index contributed by atoms with van der Waals surface area (Å²) in [5.41, 5.74) is 0. The van der Waals surface area contributed by atoms with E-state index in [2.05, 4.69) is 11.8 Å². The molecule has 1 N–H and O–H groups in total. The van der Waals surface area contributed by atoms with Crippen molar-refractivity contribution in [3.05, 3.63) is 48.6 Å². The Balaban J connectivity index is 3.59. The maximum Gasteiger partial charge on any atom is 0.303 e. The van der Waals surface area contributed by atoms with Crippen molar-refractivity contribution in [3.8, 4) is 11.8 Å². The Hall–Kier alpha value is -2.01. The number of rotatable bonds is 7. The lowest BCUT2D eigenvalue weighted by Crippen LogP contribution is -1.92. The lowest BCUT2D eigenvalue weighted by molar-refractivity contribution is -0.137. The van der Waals surface area contributed by atoms with E-state index in [0.717, 1.165) is 19.3 Å². The fourth-order valence-corrected chi connectivity index (χ4v) is 1.13. The predicted molar refractivity (Wildman–Crippen MR) is 76.1 cm³/mol. The molecule has 0 aliphatic rings. The first-order chi connectivity index (χ1) is 8.77. The molecule has 0 heterocycles. The van der Waals surface area contributed by atoms with Crippen LogP contribution < -0.4 is 0 Å². The summed E-state index contributed by atoms with van der Waals surface area (Å²) in [6.45, 7) is 1.96. The van der Waals surface area contributed by atoms with Crippen molar-refractivity contribution < 1.29 is 9.90 Å². The predicted octanol–water partition coefficient (Wildman–Crippen LogP) is 3.88. The van der Waals surface area contributed by atoms with Gasteiger partial charge in [0.05, 0.1) is 0 Å². The van der Waals surface area contributed by atoms with Gasteiger partial charge >= 0.3 is 5.97 Å². The van der Waals surface area contributed by atoms with Gasteiger partial charge in [-0.25, -0.2) is 0 Å². The van der Waals surface area contributed by atoms with Crippen molar-refractivity contribution in [2.45, 2.75) is 32.6 Å². The van der Waals surface area contributed by atoms with Gasteiger partial charge in [0.25, 0.3) is 0 Å². The van der Waals surface area contributed by atoms with Crippen LogP contribution in [0.4, 0.5) is 0 Å². The molecule has 0 radical (unpaired) electrons. The number of carbonyl (C=O) groups is 1. The van der Waals surface area contributed by atoms with E-state index in [1.807, 2.05) is 43.4 Å².